The quantitative estimate of drug-likeness (QED) is 0.896. The van der Waals surface area contributed by atoms with Crippen LogP contribution in [0.2, 0.25) is 0 Å². The second-order valence-electron chi connectivity index (χ2n) is 5.80. The van der Waals surface area contributed by atoms with Crippen molar-refractivity contribution in [3.8, 4) is 11.5 Å². The summed E-state index contributed by atoms with van der Waals surface area (Å²) in [7, 11) is 1.79. The molecule has 2 atom stereocenters. The van der Waals surface area contributed by atoms with Gasteiger partial charge in [-0.05, 0) is 25.5 Å². The topological polar surface area (TPSA) is 64.8 Å². The Kier molecular flexibility index (Phi) is 4.73. The molecule has 0 aliphatic carbocycles. The molecular formula is C16H24N2O3. The first kappa shape index (κ1) is 15.6. The van der Waals surface area contributed by atoms with E-state index in [4.69, 9.17) is 15.2 Å². The van der Waals surface area contributed by atoms with E-state index in [2.05, 4.69) is 0 Å². The number of benzene rings is 1. The highest BCUT2D eigenvalue weighted by atomic mass is 16.6. The highest BCUT2D eigenvalue weighted by molar-refractivity contribution is 5.82. The first-order valence-electron chi connectivity index (χ1n) is 7.34. The van der Waals surface area contributed by atoms with Crippen LogP contribution in [0.1, 0.15) is 20.3 Å². The Labute approximate surface area is 126 Å². The van der Waals surface area contributed by atoms with Gasteiger partial charge in [0.2, 0.25) is 5.91 Å². The maximum atomic E-state index is 12.5. The third kappa shape index (κ3) is 3.29. The van der Waals surface area contributed by atoms with Gasteiger partial charge in [0.1, 0.15) is 6.61 Å². The van der Waals surface area contributed by atoms with Crippen LogP contribution in [-0.2, 0) is 4.79 Å². The molecule has 0 saturated heterocycles. The zero-order valence-electron chi connectivity index (χ0n) is 13.0. The summed E-state index contributed by atoms with van der Waals surface area (Å²) in [5.41, 5.74) is 5.24. The molecule has 21 heavy (non-hydrogen) atoms. The molecule has 0 saturated carbocycles. The van der Waals surface area contributed by atoms with Gasteiger partial charge in [-0.2, -0.15) is 0 Å². The van der Waals surface area contributed by atoms with E-state index in [-0.39, 0.29) is 12.0 Å². The molecule has 5 heteroatoms. The molecule has 2 rings (SSSR count). The van der Waals surface area contributed by atoms with E-state index in [0.717, 1.165) is 17.9 Å². The number of para-hydroxylation sites is 2. The summed E-state index contributed by atoms with van der Waals surface area (Å²) < 4.78 is 11.5. The van der Waals surface area contributed by atoms with Crippen molar-refractivity contribution in [2.24, 2.45) is 11.1 Å². The number of carbonyl (C=O) groups is 1. The Morgan fingerprint density at radius 2 is 2.10 bits per heavy atom. The molecule has 0 radical (unpaired) electrons. The van der Waals surface area contributed by atoms with Crippen molar-refractivity contribution in [2.45, 2.75) is 26.4 Å². The molecule has 2 unspecified atom stereocenters. The lowest BCUT2D eigenvalue weighted by atomic mass is 9.86. The molecule has 1 aliphatic heterocycles. The highest BCUT2D eigenvalue weighted by Crippen LogP contribution is 2.31. The van der Waals surface area contributed by atoms with Gasteiger partial charge in [-0.15, -0.1) is 0 Å². The highest BCUT2D eigenvalue weighted by Gasteiger charge is 2.34. The van der Waals surface area contributed by atoms with Crippen molar-refractivity contribution < 1.29 is 14.3 Å². The fourth-order valence-corrected chi connectivity index (χ4v) is 2.39. The lowest BCUT2D eigenvalue weighted by Crippen LogP contribution is -2.49. The largest absolute Gasteiger partial charge is 0.486 e. The van der Waals surface area contributed by atoms with E-state index in [0.29, 0.717) is 19.7 Å². The van der Waals surface area contributed by atoms with Crippen molar-refractivity contribution >= 4 is 5.91 Å². The molecule has 0 bridgehead atoms. The van der Waals surface area contributed by atoms with Gasteiger partial charge in [-0.1, -0.05) is 19.1 Å². The van der Waals surface area contributed by atoms with Crippen molar-refractivity contribution in [3.63, 3.8) is 0 Å². The summed E-state index contributed by atoms with van der Waals surface area (Å²) in [6, 6.07) is 7.57. The number of rotatable bonds is 5. The van der Waals surface area contributed by atoms with Crippen LogP contribution >= 0.6 is 0 Å². The summed E-state index contributed by atoms with van der Waals surface area (Å²) >= 11 is 0. The third-order valence-electron chi connectivity index (χ3n) is 4.14. The van der Waals surface area contributed by atoms with Gasteiger partial charge in [-0.25, -0.2) is 0 Å². The van der Waals surface area contributed by atoms with Gasteiger partial charge in [0.15, 0.2) is 17.6 Å². The number of carbonyl (C=O) groups excluding carboxylic acids is 1. The summed E-state index contributed by atoms with van der Waals surface area (Å²) in [6.07, 6.45) is 0.560. The molecule has 116 valence electrons. The molecule has 1 aromatic carbocycles. The SMILES string of the molecule is CCC(C)(CN)C(=O)N(C)CC1COc2ccccc2O1. The molecule has 0 aromatic heterocycles. The summed E-state index contributed by atoms with van der Waals surface area (Å²) in [6.45, 7) is 5.16. The minimum atomic E-state index is -0.512. The normalized spacial score (nSPS) is 19.7. The zero-order chi connectivity index (χ0) is 15.5. The second kappa shape index (κ2) is 6.35. The van der Waals surface area contributed by atoms with Gasteiger partial charge in [0.05, 0.1) is 12.0 Å². The number of amides is 1. The van der Waals surface area contributed by atoms with Crippen molar-refractivity contribution in [3.05, 3.63) is 24.3 Å². The fraction of sp³-hybridized carbons (Fsp3) is 0.562. The van der Waals surface area contributed by atoms with Crippen LogP contribution in [0.4, 0.5) is 0 Å². The fourth-order valence-electron chi connectivity index (χ4n) is 2.39. The molecule has 0 spiro atoms. The Morgan fingerprint density at radius 1 is 1.43 bits per heavy atom. The van der Waals surface area contributed by atoms with Crippen LogP contribution < -0.4 is 15.2 Å². The molecular weight excluding hydrogens is 268 g/mol. The molecule has 1 amide bonds. The number of likely N-dealkylation sites (N-methyl/N-ethyl adjacent to an activating group) is 1. The summed E-state index contributed by atoms with van der Waals surface area (Å²) in [5.74, 6) is 1.53. The lowest BCUT2D eigenvalue weighted by Gasteiger charge is -2.34. The van der Waals surface area contributed by atoms with Gasteiger partial charge in [-0.3, -0.25) is 4.79 Å². The number of fused-ring (bicyclic) bond motifs is 1. The Bertz CT molecular complexity index is 500. The third-order valence-corrected chi connectivity index (χ3v) is 4.14. The smallest absolute Gasteiger partial charge is 0.229 e. The zero-order valence-corrected chi connectivity index (χ0v) is 13.0. The number of hydrogen-bond donors (Lipinski definition) is 1. The molecule has 1 heterocycles. The van der Waals surface area contributed by atoms with E-state index in [1.54, 1.807) is 11.9 Å². The van der Waals surface area contributed by atoms with E-state index >= 15 is 0 Å². The van der Waals surface area contributed by atoms with Crippen LogP contribution in [-0.4, -0.2) is 43.7 Å². The summed E-state index contributed by atoms with van der Waals surface area (Å²) in [5, 5.41) is 0. The number of hydrogen-bond acceptors (Lipinski definition) is 4. The first-order chi connectivity index (χ1) is 10.00. The average Bonchev–Trinajstić information content (AvgIpc) is 2.53. The van der Waals surface area contributed by atoms with Gasteiger partial charge in [0.25, 0.3) is 0 Å². The van der Waals surface area contributed by atoms with E-state index in [9.17, 15) is 4.79 Å². The maximum absolute atomic E-state index is 12.5. The average molecular weight is 292 g/mol. The maximum Gasteiger partial charge on any atom is 0.229 e. The van der Waals surface area contributed by atoms with Gasteiger partial charge >= 0.3 is 0 Å². The van der Waals surface area contributed by atoms with Gasteiger partial charge < -0.3 is 20.1 Å². The minimum Gasteiger partial charge on any atom is -0.486 e. The Morgan fingerprint density at radius 3 is 2.71 bits per heavy atom. The van der Waals surface area contributed by atoms with Crippen LogP contribution in [0.15, 0.2) is 24.3 Å². The Balaban J connectivity index is 1.98. The predicted molar refractivity (Wildman–Crippen MR) is 81.4 cm³/mol. The Hall–Kier alpha value is -1.75. The summed E-state index contributed by atoms with van der Waals surface area (Å²) in [4.78, 5) is 14.2. The van der Waals surface area contributed by atoms with Crippen LogP contribution in [0.5, 0.6) is 11.5 Å². The number of ether oxygens (including phenoxy) is 2. The standard InChI is InChI=1S/C16H24N2O3/c1-4-16(2,11-17)15(19)18(3)9-12-10-20-13-7-5-6-8-14(13)21-12/h5-8,12H,4,9-11,17H2,1-3H3. The van der Waals surface area contributed by atoms with E-state index in [1.807, 2.05) is 38.1 Å². The van der Waals surface area contributed by atoms with E-state index in [1.165, 1.54) is 0 Å². The minimum absolute atomic E-state index is 0.0509. The van der Waals surface area contributed by atoms with Crippen molar-refractivity contribution in [2.75, 3.05) is 26.7 Å². The predicted octanol–water partition coefficient (Wildman–Crippen LogP) is 1.66. The van der Waals surface area contributed by atoms with Crippen LogP contribution in [0.25, 0.3) is 0 Å². The van der Waals surface area contributed by atoms with Crippen LogP contribution in [0.3, 0.4) is 0 Å². The van der Waals surface area contributed by atoms with Gasteiger partial charge in [0, 0.05) is 13.6 Å². The number of nitrogens with zero attached hydrogens (tertiary/aromatic N) is 1. The van der Waals surface area contributed by atoms with Crippen LogP contribution in [0, 0.1) is 5.41 Å². The molecule has 2 N–H and O–H groups in total. The number of nitrogens with two attached hydrogens (primary N) is 1. The lowest BCUT2D eigenvalue weighted by molar-refractivity contribution is -0.141. The molecule has 5 nitrogen and oxygen atoms in total. The second-order valence-corrected chi connectivity index (χ2v) is 5.80. The van der Waals surface area contributed by atoms with Crippen molar-refractivity contribution in [1.82, 2.24) is 4.90 Å². The molecule has 1 aliphatic rings. The molecule has 0 fully saturated rings. The van der Waals surface area contributed by atoms with E-state index < -0.39 is 5.41 Å². The molecule has 1 aromatic rings. The first-order valence-corrected chi connectivity index (χ1v) is 7.34. The monoisotopic (exact) mass is 292 g/mol. The van der Waals surface area contributed by atoms with Crippen molar-refractivity contribution in [1.29, 1.82) is 0 Å².